The van der Waals surface area contributed by atoms with Gasteiger partial charge in [-0.25, -0.2) is 8.78 Å². The van der Waals surface area contributed by atoms with E-state index in [2.05, 4.69) is 5.32 Å². The first-order valence-electron chi connectivity index (χ1n) is 5.25. The number of nitrogens with two attached hydrogens (primary N) is 1. The van der Waals surface area contributed by atoms with E-state index in [0.717, 1.165) is 11.6 Å². The molecule has 2 rings (SSSR count). The van der Waals surface area contributed by atoms with Crippen LogP contribution in [0.1, 0.15) is 5.56 Å². The molecule has 0 heterocycles. The van der Waals surface area contributed by atoms with Gasteiger partial charge in [-0.15, -0.1) is 0 Å². The summed E-state index contributed by atoms with van der Waals surface area (Å²) in [5.74, 6) is -0.890. The summed E-state index contributed by atoms with van der Waals surface area (Å²) in [4.78, 5) is 0. The number of aryl methyl sites for hydroxylation is 1. The Morgan fingerprint density at radius 3 is 2.50 bits per heavy atom. The standard InChI is InChI=1S/C13H11ClF2N2/c1-7-4-8(15)2-3-12(7)18-13-5-9(14)10(16)6-11(13)17/h2-6,18H,17H2,1H3. The largest absolute Gasteiger partial charge is 0.397 e. The minimum atomic E-state index is -0.574. The first-order valence-corrected chi connectivity index (χ1v) is 5.63. The van der Waals surface area contributed by atoms with Gasteiger partial charge in [0.25, 0.3) is 0 Å². The van der Waals surface area contributed by atoms with Gasteiger partial charge in [0.2, 0.25) is 0 Å². The number of hydrogen-bond donors (Lipinski definition) is 2. The van der Waals surface area contributed by atoms with Crippen LogP contribution >= 0.6 is 11.6 Å². The molecule has 0 aromatic heterocycles. The molecule has 2 aromatic carbocycles. The lowest BCUT2D eigenvalue weighted by Crippen LogP contribution is -1.99. The maximum Gasteiger partial charge on any atom is 0.143 e. The molecule has 0 saturated carbocycles. The Bertz CT molecular complexity index is 600. The minimum Gasteiger partial charge on any atom is -0.397 e. The molecule has 18 heavy (non-hydrogen) atoms. The third-order valence-electron chi connectivity index (χ3n) is 2.55. The Morgan fingerprint density at radius 2 is 1.83 bits per heavy atom. The van der Waals surface area contributed by atoms with Crippen molar-refractivity contribution in [2.24, 2.45) is 0 Å². The van der Waals surface area contributed by atoms with Crippen LogP contribution in [0.2, 0.25) is 5.02 Å². The number of nitrogen functional groups attached to an aromatic ring is 1. The van der Waals surface area contributed by atoms with Gasteiger partial charge in [-0.05, 0) is 36.8 Å². The summed E-state index contributed by atoms with van der Waals surface area (Å²) in [5.41, 5.74) is 7.81. The zero-order valence-electron chi connectivity index (χ0n) is 9.60. The van der Waals surface area contributed by atoms with Crippen LogP contribution in [0.3, 0.4) is 0 Å². The van der Waals surface area contributed by atoms with Crippen molar-refractivity contribution >= 4 is 28.7 Å². The normalized spacial score (nSPS) is 10.4. The van der Waals surface area contributed by atoms with E-state index in [4.69, 9.17) is 17.3 Å². The maximum absolute atomic E-state index is 13.1. The quantitative estimate of drug-likeness (QED) is 0.799. The molecule has 2 aromatic rings. The zero-order valence-corrected chi connectivity index (χ0v) is 10.4. The summed E-state index contributed by atoms with van der Waals surface area (Å²) in [6, 6.07) is 6.85. The molecular formula is C13H11ClF2N2. The second kappa shape index (κ2) is 4.82. The third kappa shape index (κ3) is 2.54. The fourth-order valence-corrected chi connectivity index (χ4v) is 1.75. The summed E-state index contributed by atoms with van der Waals surface area (Å²) in [7, 11) is 0. The second-order valence-electron chi connectivity index (χ2n) is 3.94. The summed E-state index contributed by atoms with van der Waals surface area (Å²) in [6.07, 6.45) is 0. The molecule has 2 nitrogen and oxygen atoms in total. The van der Waals surface area contributed by atoms with Gasteiger partial charge in [0.15, 0.2) is 0 Å². The fourth-order valence-electron chi connectivity index (χ4n) is 1.58. The Hall–Kier alpha value is -1.81. The van der Waals surface area contributed by atoms with E-state index in [-0.39, 0.29) is 16.5 Å². The SMILES string of the molecule is Cc1cc(F)ccc1Nc1cc(Cl)c(F)cc1N. The van der Waals surface area contributed by atoms with Crippen LogP contribution in [0.15, 0.2) is 30.3 Å². The Labute approximate surface area is 108 Å². The highest BCUT2D eigenvalue weighted by atomic mass is 35.5. The van der Waals surface area contributed by atoms with Gasteiger partial charge in [-0.3, -0.25) is 0 Å². The molecular weight excluding hydrogens is 258 g/mol. The monoisotopic (exact) mass is 268 g/mol. The summed E-state index contributed by atoms with van der Waals surface area (Å²) >= 11 is 5.69. The topological polar surface area (TPSA) is 38.0 Å². The van der Waals surface area contributed by atoms with E-state index in [1.807, 2.05) is 0 Å². The highest BCUT2D eigenvalue weighted by molar-refractivity contribution is 6.31. The lowest BCUT2D eigenvalue weighted by atomic mass is 10.1. The predicted molar refractivity (Wildman–Crippen MR) is 70.2 cm³/mol. The van der Waals surface area contributed by atoms with E-state index < -0.39 is 5.82 Å². The van der Waals surface area contributed by atoms with Gasteiger partial charge >= 0.3 is 0 Å². The predicted octanol–water partition coefficient (Wildman–Crippen LogP) is 4.25. The number of halogens is 3. The third-order valence-corrected chi connectivity index (χ3v) is 2.84. The van der Waals surface area contributed by atoms with Crippen LogP contribution in [0.5, 0.6) is 0 Å². The molecule has 0 atom stereocenters. The average Bonchev–Trinajstić information content (AvgIpc) is 2.29. The smallest absolute Gasteiger partial charge is 0.143 e. The van der Waals surface area contributed by atoms with Crippen molar-refractivity contribution in [3.8, 4) is 0 Å². The van der Waals surface area contributed by atoms with Crippen molar-refractivity contribution in [3.05, 3.63) is 52.6 Å². The number of rotatable bonds is 2. The number of nitrogens with one attached hydrogen (secondary N) is 1. The molecule has 3 N–H and O–H groups in total. The van der Waals surface area contributed by atoms with Crippen LogP contribution in [0, 0.1) is 18.6 Å². The van der Waals surface area contributed by atoms with Crippen molar-refractivity contribution in [3.63, 3.8) is 0 Å². The van der Waals surface area contributed by atoms with Crippen molar-refractivity contribution < 1.29 is 8.78 Å². The molecule has 0 fully saturated rings. The zero-order chi connectivity index (χ0) is 13.3. The van der Waals surface area contributed by atoms with Gasteiger partial charge in [0.1, 0.15) is 11.6 Å². The maximum atomic E-state index is 13.1. The van der Waals surface area contributed by atoms with Gasteiger partial charge in [-0.1, -0.05) is 11.6 Å². The van der Waals surface area contributed by atoms with E-state index in [0.29, 0.717) is 11.4 Å². The Balaban J connectivity index is 2.37. The van der Waals surface area contributed by atoms with Crippen molar-refractivity contribution in [1.82, 2.24) is 0 Å². The first-order chi connectivity index (χ1) is 8.47. The van der Waals surface area contributed by atoms with E-state index in [9.17, 15) is 8.78 Å². The molecule has 94 valence electrons. The van der Waals surface area contributed by atoms with Gasteiger partial charge in [-0.2, -0.15) is 0 Å². The number of benzene rings is 2. The van der Waals surface area contributed by atoms with E-state index in [1.54, 1.807) is 13.0 Å². The molecule has 0 spiro atoms. The highest BCUT2D eigenvalue weighted by Crippen LogP contribution is 2.30. The van der Waals surface area contributed by atoms with Crippen LogP contribution < -0.4 is 11.1 Å². The van der Waals surface area contributed by atoms with E-state index in [1.165, 1.54) is 18.2 Å². The summed E-state index contributed by atoms with van der Waals surface area (Å²) in [5, 5.41) is 2.97. The Morgan fingerprint density at radius 1 is 1.11 bits per heavy atom. The number of anilines is 3. The van der Waals surface area contributed by atoms with Gasteiger partial charge in [0.05, 0.1) is 16.4 Å². The molecule has 0 aliphatic rings. The van der Waals surface area contributed by atoms with Crippen molar-refractivity contribution in [1.29, 1.82) is 0 Å². The van der Waals surface area contributed by atoms with Crippen molar-refractivity contribution in [2.45, 2.75) is 6.92 Å². The lowest BCUT2D eigenvalue weighted by Gasteiger charge is -2.12. The average molecular weight is 269 g/mol. The summed E-state index contributed by atoms with van der Waals surface area (Å²) < 4.78 is 26.1. The second-order valence-corrected chi connectivity index (χ2v) is 4.35. The Kier molecular flexibility index (Phi) is 3.39. The van der Waals surface area contributed by atoms with Crippen molar-refractivity contribution in [2.75, 3.05) is 11.1 Å². The molecule has 0 bridgehead atoms. The molecule has 0 saturated heterocycles. The van der Waals surface area contributed by atoms with E-state index >= 15 is 0 Å². The summed E-state index contributed by atoms with van der Waals surface area (Å²) in [6.45, 7) is 1.76. The van der Waals surface area contributed by atoms with Crippen LogP contribution in [-0.2, 0) is 0 Å². The van der Waals surface area contributed by atoms with Crippen LogP contribution in [-0.4, -0.2) is 0 Å². The van der Waals surface area contributed by atoms with Gasteiger partial charge in [0, 0.05) is 11.8 Å². The molecule has 0 aliphatic carbocycles. The minimum absolute atomic E-state index is 0.0218. The lowest BCUT2D eigenvalue weighted by molar-refractivity contribution is 0.627. The molecule has 0 aliphatic heterocycles. The highest BCUT2D eigenvalue weighted by Gasteiger charge is 2.08. The molecule has 0 amide bonds. The number of hydrogen-bond acceptors (Lipinski definition) is 2. The molecule has 0 unspecified atom stereocenters. The molecule has 0 radical (unpaired) electrons. The van der Waals surface area contributed by atoms with Crippen LogP contribution in [0.4, 0.5) is 25.8 Å². The van der Waals surface area contributed by atoms with Gasteiger partial charge < -0.3 is 11.1 Å². The van der Waals surface area contributed by atoms with Crippen LogP contribution in [0.25, 0.3) is 0 Å². The fraction of sp³-hybridized carbons (Fsp3) is 0.0769. The first kappa shape index (κ1) is 12.6. The molecule has 5 heteroatoms.